The van der Waals surface area contributed by atoms with E-state index in [2.05, 4.69) is 12.2 Å². The Morgan fingerprint density at radius 1 is 1.29 bits per heavy atom. The van der Waals surface area contributed by atoms with Crippen LogP contribution < -0.4 is 5.32 Å². The van der Waals surface area contributed by atoms with E-state index in [1.54, 1.807) is 12.1 Å². The van der Waals surface area contributed by atoms with Crippen molar-refractivity contribution in [3.63, 3.8) is 0 Å². The minimum absolute atomic E-state index is 0.143. The van der Waals surface area contributed by atoms with Crippen molar-refractivity contribution in [1.82, 2.24) is 5.32 Å². The van der Waals surface area contributed by atoms with Crippen molar-refractivity contribution in [1.29, 1.82) is 0 Å². The zero-order valence-corrected chi connectivity index (χ0v) is 10.6. The summed E-state index contributed by atoms with van der Waals surface area (Å²) >= 11 is 0. The van der Waals surface area contributed by atoms with Crippen LogP contribution in [0.15, 0.2) is 24.3 Å². The molecule has 2 rings (SSSR count). The lowest BCUT2D eigenvalue weighted by Crippen LogP contribution is -2.41. The monoisotopic (exact) mass is 235 g/mol. The minimum Gasteiger partial charge on any atom is -0.313 e. The van der Waals surface area contributed by atoms with E-state index < -0.39 is 0 Å². The van der Waals surface area contributed by atoms with Gasteiger partial charge in [0, 0.05) is 6.04 Å². The molecule has 0 radical (unpaired) electrons. The molecule has 1 unspecified atom stereocenters. The van der Waals surface area contributed by atoms with Crippen molar-refractivity contribution in [3.8, 4) is 0 Å². The molecule has 0 aromatic heterocycles. The van der Waals surface area contributed by atoms with E-state index in [1.807, 2.05) is 12.1 Å². The standard InChI is InChI=1S/C15H22FN/c1-2-10-17-15(13-4-3-5-13)11-12-6-8-14(16)9-7-12/h6-9,13,15,17H,2-5,10-11H2,1H3. The van der Waals surface area contributed by atoms with E-state index in [0.717, 1.165) is 18.9 Å². The Morgan fingerprint density at radius 2 is 2.00 bits per heavy atom. The first-order valence-electron chi connectivity index (χ1n) is 6.77. The maximum Gasteiger partial charge on any atom is 0.123 e. The molecule has 2 heteroatoms. The van der Waals surface area contributed by atoms with E-state index in [9.17, 15) is 4.39 Å². The highest BCUT2D eigenvalue weighted by molar-refractivity contribution is 5.17. The molecule has 0 spiro atoms. The van der Waals surface area contributed by atoms with Crippen molar-refractivity contribution in [2.45, 2.75) is 45.1 Å². The van der Waals surface area contributed by atoms with Crippen molar-refractivity contribution < 1.29 is 4.39 Å². The molecule has 0 saturated heterocycles. The van der Waals surface area contributed by atoms with Crippen LogP contribution in [0.4, 0.5) is 4.39 Å². The Hall–Kier alpha value is -0.890. The molecule has 0 aliphatic heterocycles. The maximum absolute atomic E-state index is 12.8. The van der Waals surface area contributed by atoms with Gasteiger partial charge in [-0.25, -0.2) is 4.39 Å². The Balaban J connectivity index is 1.93. The fraction of sp³-hybridized carbons (Fsp3) is 0.600. The molecule has 1 saturated carbocycles. The fourth-order valence-electron chi connectivity index (χ4n) is 2.45. The fourth-order valence-corrected chi connectivity index (χ4v) is 2.45. The predicted octanol–water partition coefficient (Wildman–Crippen LogP) is 3.54. The molecule has 1 aromatic rings. The second-order valence-electron chi connectivity index (χ2n) is 5.08. The molecule has 1 aliphatic carbocycles. The largest absolute Gasteiger partial charge is 0.313 e. The number of halogens is 1. The van der Waals surface area contributed by atoms with Gasteiger partial charge in [0.25, 0.3) is 0 Å². The van der Waals surface area contributed by atoms with E-state index in [-0.39, 0.29) is 5.82 Å². The first-order valence-corrected chi connectivity index (χ1v) is 6.77. The van der Waals surface area contributed by atoms with Crippen molar-refractivity contribution in [3.05, 3.63) is 35.6 Å². The molecular formula is C15H22FN. The SMILES string of the molecule is CCCNC(Cc1ccc(F)cc1)C1CCC1. The van der Waals surface area contributed by atoms with Crippen LogP contribution in [0.1, 0.15) is 38.2 Å². The molecule has 1 aromatic carbocycles. The van der Waals surface area contributed by atoms with Crippen LogP contribution in [0, 0.1) is 11.7 Å². The zero-order valence-electron chi connectivity index (χ0n) is 10.6. The first-order chi connectivity index (χ1) is 8.29. The lowest BCUT2D eigenvalue weighted by molar-refractivity contribution is 0.227. The smallest absolute Gasteiger partial charge is 0.123 e. The lowest BCUT2D eigenvalue weighted by atomic mass is 9.77. The Morgan fingerprint density at radius 3 is 2.53 bits per heavy atom. The van der Waals surface area contributed by atoms with Gasteiger partial charge in [-0.3, -0.25) is 0 Å². The second kappa shape index (κ2) is 6.15. The molecule has 0 heterocycles. The minimum atomic E-state index is -0.143. The van der Waals surface area contributed by atoms with Crippen LogP contribution in [0.5, 0.6) is 0 Å². The van der Waals surface area contributed by atoms with E-state index >= 15 is 0 Å². The number of hydrogen-bond donors (Lipinski definition) is 1. The third-order valence-corrected chi connectivity index (χ3v) is 3.74. The van der Waals surface area contributed by atoms with Gasteiger partial charge in [0.05, 0.1) is 0 Å². The van der Waals surface area contributed by atoms with Gasteiger partial charge in [0.2, 0.25) is 0 Å². The summed E-state index contributed by atoms with van der Waals surface area (Å²) in [5.41, 5.74) is 1.24. The topological polar surface area (TPSA) is 12.0 Å². The van der Waals surface area contributed by atoms with Gasteiger partial charge >= 0.3 is 0 Å². The number of rotatable bonds is 6. The van der Waals surface area contributed by atoms with Crippen LogP contribution in [-0.2, 0) is 6.42 Å². The van der Waals surface area contributed by atoms with Gasteiger partial charge < -0.3 is 5.32 Å². The molecule has 0 amide bonds. The van der Waals surface area contributed by atoms with E-state index in [4.69, 9.17) is 0 Å². The van der Waals surface area contributed by atoms with Crippen LogP contribution in [-0.4, -0.2) is 12.6 Å². The summed E-state index contributed by atoms with van der Waals surface area (Å²) in [7, 11) is 0. The number of nitrogens with one attached hydrogen (secondary N) is 1. The molecule has 1 fully saturated rings. The lowest BCUT2D eigenvalue weighted by Gasteiger charge is -2.34. The second-order valence-corrected chi connectivity index (χ2v) is 5.08. The molecule has 0 bridgehead atoms. The van der Waals surface area contributed by atoms with Gasteiger partial charge in [-0.15, -0.1) is 0 Å². The molecule has 1 aliphatic rings. The van der Waals surface area contributed by atoms with Crippen LogP contribution >= 0.6 is 0 Å². The molecule has 1 atom stereocenters. The zero-order chi connectivity index (χ0) is 12.1. The Kier molecular flexibility index (Phi) is 4.55. The first kappa shape index (κ1) is 12.6. The van der Waals surface area contributed by atoms with E-state index in [0.29, 0.717) is 6.04 Å². The predicted molar refractivity (Wildman–Crippen MR) is 69.5 cm³/mol. The molecule has 1 N–H and O–H groups in total. The molecule has 17 heavy (non-hydrogen) atoms. The normalized spacial score (nSPS) is 17.8. The van der Waals surface area contributed by atoms with Crippen molar-refractivity contribution in [2.24, 2.45) is 5.92 Å². The average molecular weight is 235 g/mol. The highest BCUT2D eigenvalue weighted by Crippen LogP contribution is 2.31. The van der Waals surface area contributed by atoms with Gasteiger partial charge in [-0.2, -0.15) is 0 Å². The summed E-state index contributed by atoms with van der Waals surface area (Å²) < 4.78 is 12.8. The summed E-state index contributed by atoms with van der Waals surface area (Å²) in [5, 5.41) is 3.64. The summed E-state index contributed by atoms with van der Waals surface area (Å²) in [6.07, 6.45) is 6.28. The quantitative estimate of drug-likeness (QED) is 0.795. The maximum atomic E-state index is 12.8. The van der Waals surface area contributed by atoms with Crippen molar-refractivity contribution >= 4 is 0 Å². The Labute approximate surface area is 103 Å². The summed E-state index contributed by atoms with van der Waals surface area (Å²) in [6.45, 7) is 3.28. The number of hydrogen-bond acceptors (Lipinski definition) is 1. The summed E-state index contributed by atoms with van der Waals surface area (Å²) in [5.74, 6) is 0.682. The number of benzene rings is 1. The third-order valence-electron chi connectivity index (χ3n) is 3.74. The highest BCUT2D eigenvalue weighted by atomic mass is 19.1. The van der Waals surface area contributed by atoms with Gasteiger partial charge in [0.1, 0.15) is 5.82 Å². The van der Waals surface area contributed by atoms with Gasteiger partial charge in [-0.1, -0.05) is 25.5 Å². The van der Waals surface area contributed by atoms with Gasteiger partial charge in [-0.05, 0) is 55.8 Å². The highest BCUT2D eigenvalue weighted by Gasteiger charge is 2.26. The van der Waals surface area contributed by atoms with Crippen LogP contribution in [0.2, 0.25) is 0 Å². The molecular weight excluding hydrogens is 213 g/mol. The average Bonchev–Trinajstić information content (AvgIpc) is 2.26. The van der Waals surface area contributed by atoms with Crippen molar-refractivity contribution in [2.75, 3.05) is 6.54 Å². The summed E-state index contributed by atoms with van der Waals surface area (Å²) in [4.78, 5) is 0. The van der Waals surface area contributed by atoms with Crippen LogP contribution in [0.3, 0.4) is 0 Å². The van der Waals surface area contributed by atoms with Gasteiger partial charge in [0.15, 0.2) is 0 Å². The van der Waals surface area contributed by atoms with E-state index in [1.165, 1.54) is 31.2 Å². The van der Waals surface area contributed by atoms with Crippen LogP contribution in [0.25, 0.3) is 0 Å². The Bertz CT molecular complexity index is 329. The molecule has 1 nitrogen and oxygen atoms in total. The molecule has 94 valence electrons. The summed E-state index contributed by atoms with van der Waals surface area (Å²) in [6, 6.07) is 7.53. The third kappa shape index (κ3) is 3.53.